The first-order chi connectivity index (χ1) is 16.5. The van der Waals surface area contributed by atoms with E-state index in [2.05, 4.69) is 0 Å². The summed E-state index contributed by atoms with van der Waals surface area (Å²) in [6.07, 6.45) is 0. The van der Waals surface area contributed by atoms with Gasteiger partial charge >= 0.3 is 0 Å². The number of ketones is 2. The van der Waals surface area contributed by atoms with Crippen LogP contribution < -0.4 is 0 Å². The lowest BCUT2D eigenvalue weighted by molar-refractivity contribution is 0.100. The summed E-state index contributed by atoms with van der Waals surface area (Å²) < 4.78 is 27.5. The van der Waals surface area contributed by atoms with Gasteiger partial charge in [-0.3, -0.25) is 9.59 Å². The van der Waals surface area contributed by atoms with Crippen LogP contribution in [0.15, 0.2) is 108 Å². The van der Waals surface area contributed by atoms with Gasteiger partial charge in [-0.05, 0) is 46.5 Å². The number of carbonyl (C=O) groups is 2. The highest BCUT2D eigenvalue weighted by Gasteiger charge is 2.45. The van der Waals surface area contributed by atoms with Gasteiger partial charge in [-0.25, -0.2) is 8.78 Å². The minimum Gasteiger partial charge on any atom is -0.289 e. The molecule has 6 rings (SSSR count). The van der Waals surface area contributed by atoms with E-state index in [9.17, 15) is 18.4 Å². The molecule has 0 aromatic heterocycles. The van der Waals surface area contributed by atoms with E-state index >= 15 is 0 Å². The minimum absolute atomic E-state index is 0.201. The molecule has 4 heteroatoms. The zero-order valence-corrected chi connectivity index (χ0v) is 18.0. The third-order valence-electron chi connectivity index (χ3n) is 6.80. The van der Waals surface area contributed by atoms with Gasteiger partial charge in [-0.15, -0.1) is 0 Å². The molecule has 0 heterocycles. The Morgan fingerprint density at radius 3 is 1.21 bits per heavy atom. The average Bonchev–Trinajstić information content (AvgIpc) is 3.31. The predicted molar refractivity (Wildman–Crippen MR) is 125 cm³/mol. The van der Waals surface area contributed by atoms with Crippen LogP contribution in [0.25, 0.3) is 0 Å². The average molecular weight is 448 g/mol. The van der Waals surface area contributed by atoms with Gasteiger partial charge in [-0.2, -0.15) is 0 Å². The standard InChI is InChI=1S/C30H18F2O2/c31-19-13-9-17(10-14-19)25-21-5-1-3-7-23(21)29(33)27(25)28-26(18-11-15-20(32)16-12-18)22-6-2-4-8-24(22)30(28)34/h1-16,25-26H/b28-27+/t25-,26-/m0/s1. The first kappa shape index (κ1) is 20.4. The first-order valence-electron chi connectivity index (χ1n) is 11.1. The highest BCUT2D eigenvalue weighted by Crippen LogP contribution is 2.51. The normalized spacial score (nSPS) is 21.0. The summed E-state index contributed by atoms with van der Waals surface area (Å²) in [5.41, 5.74) is 4.97. The number of allylic oxidation sites excluding steroid dienone is 2. The van der Waals surface area contributed by atoms with E-state index in [-0.39, 0.29) is 23.2 Å². The van der Waals surface area contributed by atoms with Crippen molar-refractivity contribution >= 4 is 11.6 Å². The van der Waals surface area contributed by atoms with Crippen LogP contribution in [0.5, 0.6) is 0 Å². The van der Waals surface area contributed by atoms with Crippen LogP contribution in [0.4, 0.5) is 8.78 Å². The summed E-state index contributed by atoms with van der Waals surface area (Å²) in [5, 5.41) is 0. The van der Waals surface area contributed by atoms with Crippen molar-refractivity contribution in [2.75, 3.05) is 0 Å². The molecule has 0 N–H and O–H groups in total. The molecule has 2 aliphatic carbocycles. The van der Waals surface area contributed by atoms with E-state index in [1.165, 1.54) is 24.3 Å². The lowest BCUT2D eigenvalue weighted by atomic mass is 9.81. The van der Waals surface area contributed by atoms with Gasteiger partial charge in [0, 0.05) is 34.1 Å². The van der Waals surface area contributed by atoms with Crippen molar-refractivity contribution < 1.29 is 18.4 Å². The zero-order chi connectivity index (χ0) is 23.4. The molecule has 0 radical (unpaired) electrons. The second kappa shape index (κ2) is 7.70. The number of carbonyl (C=O) groups excluding carboxylic acids is 2. The Morgan fingerprint density at radius 1 is 0.471 bits per heavy atom. The number of halogens is 2. The van der Waals surface area contributed by atoms with E-state index in [0.29, 0.717) is 22.3 Å². The molecule has 4 aromatic carbocycles. The van der Waals surface area contributed by atoms with Crippen LogP contribution >= 0.6 is 0 Å². The Bertz CT molecular complexity index is 1380. The SMILES string of the molecule is O=C1/C(=C2/C(=O)c3ccccc3[C@@H]2c2ccc(F)cc2)[C@@H](c2ccc(F)cc2)c2ccccc21. The summed E-state index contributed by atoms with van der Waals surface area (Å²) in [4.78, 5) is 27.6. The van der Waals surface area contributed by atoms with Gasteiger partial charge in [0.05, 0.1) is 0 Å². The molecular formula is C30H18F2O2. The van der Waals surface area contributed by atoms with Crippen molar-refractivity contribution in [2.45, 2.75) is 11.8 Å². The zero-order valence-electron chi connectivity index (χ0n) is 18.0. The second-order valence-corrected chi connectivity index (χ2v) is 8.63. The number of hydrogen-bond donors (Lipinski definition) is 0. The van der Waals surface area contributed by atoms with E-state index in [4.69, 9.17) is 0 Å². The highest BCUT2D eigenvalue weighted by atomic mass is 19.1. The molecule has 34 heavy (non-hydrogen) atoms. The second-order valence-electron chi connectivity index (χ2n) is 8.63. The van der Waals surface area contributed by atoms with Crippen LogP contribution in [0.3, 0.4) is 0 Å². The molecule has 2 atom stereocenters. The Labute approximate surface area is 195 Å². The third kappa shape index (κ3) is 2.99. The quantitative estimate of drug-likeness (QED) is 0.323. The summed E-state index contributed by atoms with van der Waals surface area (Å²) in [5.74, 6) is -2.14. The molecule has 0 unspecified atom stereocenters. The monoisotopic (exact) mass is 448 g/mol. The number of rotatable bonds is 2. The van der Waals surface area contributed by atoms with Crippen molar-refractivity contribution in [1.29, 1.82) is 0 Å². The van der Waals surface area contributed by atoms with Gasteiger partial charge in [0.1, 0.15) is 11.6 Å². The summed E-state index contributed by atoms with van der Waals surface area (Å²) >= 11 is 0. The maximum atomic E-state index is 13.8. The van der Waals surface area contributed by atoms with Crippen LogP contribution in [0.2, 0.25) is 0 Å². The van der Waals surface area contributed by atoms with Crippen molar-refractivity contribution in [3.05, 3.63) is 153 Å². The third-order valence-corrected chi connectivity index (χ3v) is 6.80. The molecule has 2 aliphatic rings. The molecule has 0 bridgehead atoms. The minimum atomic E-state index is -0.500. The van der Waals surface area contributed by atoms with Crippen molar-refractivity contribution in [3.8, 4) is 0 Å². The molecule has 0 spiro atoms. The van der Waals surface area contributed by atoms with Crippen LogP contribution in [-0.2, 0) is 0 Å². The van der Waals surface area contributed by atoms with E-state index in [0.717, 1.165) is 22.3 Å². The summed E-state index contributed by atoms with van der Waals surface area (Å²) in [6.45, 7) is 0. The van der Waals surface area contributed by atoms with Gasteiger partial charge in [-0.1, -0.05) is 72.8 Å². The van der Waals surface area contributed by atoms with Crippen molar-refractivity contribution in [1.82, 2.24) is 0 Å². The van der Waals surface area contributed by atoms with E-state index in [1.54, 1.807) is 48.5 Å². The molecule has 0 amide bonds. The maximum Gasteiger partial charge on any atom is 0.190 e. The first-order valence-corrected chi connectivity index (χ1v) is 11.1. The predicted octanol–water partition coefficient (Wildman–Crippen LogP) is 6.62. The highest BCUT2D eigenvalue weighted by molar-refractivity contribution is 6.24. The van der Waals surface area contributed by atoms with E-state index in [1.807, 2.05) is 24.3 Å². The van der Waals surface area contributed by atoms with Gasteiger partial charge in [0.15, 0.2) is 11.6 Å². The smallest absolute Gasteiger partial charge is 0.190 e. The molecule has 0 fully saturated rings. The largest absolute Gasteiger partial charge is 0.289 e. The van der Waals surface area contributed by atoms with Crippen LogP contribution in [-0.4, -0.2) is 11.6 Å². The lowest BCUT2D eigenvalue weighted by Gasteiger charge is -2.20. The molecule has 0 aliphatic heterocycles. The number of benzene rings is 4. The van der Waals surface area contributed by atoms with Crippen LogP contribution in [0, 0.1) is 11.6 Å². The summed E-state index contributed by atoms with van der Waals surface area (Å²) in [6, 6.07) is 26.7. The van der Waals surface area contributed by atoms with E-state index < -0.39 is 11.8 Å². The molecule has 4 aromatic rings. The molecule has 0 saturated heterocycles. The Hall–Kier alpha value is -4.18. The van der Waals surface area contributed by atoms with Crippen molar-refractivity contribution in [2.24, 2.45) is 0 Å². The molecular weight excluding hydrogens is 430 g/mol. The topological polar surface area (TPSA) is 34.1 Å². The number of fused-ring (bicyclic) bond motifs is 2. The Morgan fingerprint density at radius 2 is 0.824 bits per heavy atom. The molecule has 0 saturated carbocycles. The summed E-state index contributed by atoms with van der Waals surface area (Å²) in [7, 11) is 0. The number of hydrogen-bond acceptors (Lipinski definition) is 2. The molecule has 164 valence electrons. The fourth-order valence-corrected chi connectivity index (χ4v) is 5.33. The van der Waals surface area contributed by atoms with Crippen molar-refractivity contribution in [3.63, 3.8) is 0 Å². The van der Waals surface area contributed by atoms with Gasteiger partial charge in [0.25, 0.3) is 0 Å². The maximum absolute atomic E-state index is 13.8. The Kier molecular flexibility index (Phi) is 4.63. The van der Waals surface area contributed by atoms with Crippen LogP contribution in [0.1, 0.15) is 54.8 Å². The fraction of sp³-hybridized carbons (Fsp3) is 0.0667. The van der Waals surface area contributed by atoms with Gasteiger partial charge < -0.3 is 0 Å². The number of Topliss-reactive ketones (excluding diaryl/α,β-unsaturated/α-hetero) is 2. The molecule has 2 nitrogen and oxygen atoms in total. The fourth-order valence-electron chi connectivity index (χ4n) is 5.33. The lowest BCUT2D eigenvalue weighted by Crippen LogP contribution is -2.13. The Balaban J connectivity index is 1.66. The van der Waals surface area contributed by atoms with Gasteiger partial charge in [0.2, 0.25) is 0 Å².